The molecule has 1 aromatic heterocycles. The molecular formula is C27H32N2O2. The van der Waals surface area contributed by atoms with Crippen molar-refractivity contribution in [3.63, 3.8) is 0 Å². The number of nitrogens with zero attached hydrogens (tertiary/aromatic N) is 2. The molecule has 0 radical (unpaired) electrons. The highest BCUT2D eigenvalue weighted by atomic mass is 16.4. The van der Waals surface area contributed by atoms with Crippen molar-refractivity contribution >= 4 is 5.97 Å². The van der Waals surface area contributed by atoms with Gasteiger partial charge in [0.2, 0.25) is 0 Å². The molecule has 1 N–H and O–H groups in total. The third-order valence-electron chi connectivity index (χ3n) is 5.72. The zero-order valence-electron chi connectivity index (χ0n) is 18.6. The maximum absolute atomic E-state index is 11.6. The lowest BCUT2D eigenvalue weighted by atomic mass is 9.92. The summed E-state index contributed by atoms with van der Waals surface area (Å²) in [6, 6.07) is 16.3. The lowest BCUT2D eigenvalue weighted by Gasteiger charge is -2.13. The predicted octanol–water partition coefficient (Wildman–Crippen LogP) is 6.90. The molecule has 0 saturated carbocycles. The Kier molecular flexibility index (Phi) is 8.34. The zero-order valence-corrected chi connectivity index (χ0v) is 18.6. The van der Waals surface area contributed by atoms with E-state index in [0.29, 0.717) is 12.2 Å². The van der Waals surface area contributed by atoms with Gasteiger partial charge in [-0.05, 0) is 36.0 Å². The van der Waals surface area contributed by atoms with Crippen molar-refractivity contribution in [3.05, 3.63) is 72.1 Å². The Morgan fingerprint density at radius 1 is 0.806 bits per heavy atom. The van der Waals surface area contributed by atoms with Gasteiger partial charge in [0, 0.05) is 23.5 Å². The molecule has 0 bridgehead atoms. The van der Waals surface area contributed by atoms with E-state index in [1.807, 2.05) is 36.7 Å². The van der Waals surface area contributed by atoms with Crippen LogP contribution < -0.4 is 0 Å². The van der Waals surface area contributed by atoms with Crippen molar-refractivity contribution in [2.45, 2.75) is 64.7 Å². The summed E-state index contributed by atoms with van der Waals surface area (Å²) >= 11 is 0. The molecule has 162 valence electrons. The average molecular weight is 417 g/mol. The van der Waals surface area contributed by atoms with Gasteiger partial charge >= 0.3 is 5.97 Å². The van der Waals surface area contributed by atoms with Gasteiger partial charge in [-0.1, -0.05) is 88.1 Å². The van der Waals surface area contributed by atoms with Gasteiger partial charge in [-0.2, -0.15) is 0 Å². The molecule has 31 heavy (non-hydrogen) atoms. The maximum Gasteiger partial charge on any atom is 0.310 e. The normalized spacial score (nSPS) is 11.9. The van der Waals surface area contributed by atoms with Crippen molar-refractivity contribution in [3.8, 4) is 22.5 Å². The molecule has 3 rings (SSSR count). The van der Waals surface area contributed by atoms with E-state index in [4.69, 9.17) is 0 Å². The molecule has 1 unspecified atom stereocenters. The van der Waals surface area contributed by atoms with E-state index >= 15 is 0 Å². The van der Waals surface area contributed by atoms with Crippen LogP contribution in [-0.4, -0.2) is 21.0 Å². The second-order valence-electron chi connectivity index (χ2n) is 8.10. The van der Waals surface area contributed by atoms with Gasteiger partial charge in [-0.25, -0.2) is 9.97 Å². The Morgan fingerprint density at radius 3 is 2.00 bits per heavy atom. The van der Waals surface area contributed by atoms with Gasteiger partial charge in [0.05, 0.1) is 5.92 Å². The Bertz CT molecular complexity index is 948. The number of aromatic nitrogens is 2. The van der Waals surface area contributed by atoms with Crippen LogP contribution in [0.5, 0.6) is 0 Å². The maximum atomic E-state index is 11.6. The molecular weight excluding hydrogens is 384 g/mol. The van der Waals surface area contributed by atoms with Crippen LogP contribution in [0.25, 0.3) is 22.5 Å². The standard InChI is InChI=1S/C27H32N2O2/c1-3-5-7-8-20-10-12-23(13-11-20)26-28-18-24(19-29-26)21-14-16-22(17-15-21)25(27(30)31)9-6-4-2/h10-19,25H,3-9H2,1-2H3,(H,30,31). The van der Waals surface area contributed by atoms with Gasteiger partial charge in [0.25, 0.3) is 0 Å². The van der Waals surface area contributed by atoms with Crippen LogP contribution in [-0.2, 0) is 11.2 Å². The smallest absolute Gasteiger partial charge is 0.310 e. The molecule has 3 aromatic rings. The summed E-state index contributed by atoms with van der Waals surface area (Å²) in [4.78, 5) is 20.7. The highest BCUT2D eigenvalue weighted by molar-refractivity contribution is 5.76. The van der Waals surface area contributed by atoms with Crippen LogP contribution in [0.2, 0.25) is 0 Å². The highest BCUT2D eigenvalue weighted by Crippen LogP contribution is 2.26. The molecule has 0 spiro atoms. The molecule has 4 heteroatoms. The number of aryl methyl sites for hydroxylation is 1. The quantitative estimate of drug-likeness (QED) is 0.345. The van der Waals surface area contributed by atoms with Crippen LogP contribution in [0.15, 0.2) is 60.9 Å². The number of benzene rings is 2. The summed E-state index contributed by atoms with van der Waals surface area (Å²) < 4.78 is 0. The van der Waals surface area contributed by atoms with Crippen molar-refractivity contribution in [1.82, 2.24) is 9.97 Å². The first-order valence-corrected chi connectivity index (χ1v) is 11.4. The number of hydrogen-bond acceptors (Lipinski definition) is 3. The van der Waals surface area contributed by atoms with E-state index in [0.717, 1.165) is 41.5 Å². The first kappa shape index (κ1) is 22.7. The van der Waals surface area contributed by atoms with E-state index in [1.165, 1.54) is 24.8 Å². The zero-order chi connectivity index (χ0) is 22.1. The number of unbranched alkanes of at least 4 members (excludes halogenated alkanes) is 3. The highest BCUT2D eigenvalue weighted by Gasteiger charge is 2.19. The lowest BCUT2D eigenvalue weighted by Crippen LogP contribution is -2.11. The number of hydrogen-bond donors (Lipinski definition) is 1. The van der Waals surface area contributed by atoms with E-state index in [2.05, 4.69) is 48.1 Å². The topological polar surface area (TPSA) is 63.1 Å². The summed E-state index contributed by atoms with van der Waals surface area (Å²) in [5.41, 5.74) is 5.13. The molecule has 0 aliphatic heterocycles. The van der Waals surface area contributed by atoms with Crippen LogP contribution >= 0.6 is 0 Å². The minimum absolute atomic E-state index is 0.447. The Labute approximate surface area is 185 Å². The summed E-state index contributed by atoms with van der Waals surface area (Å²) in [6.07, 6.45) is 11.1. The largest absolute Gasteiger partial charge is 0.481 e. The van der Waals surface area contributed by atoms with Crippen LogP contribution in [0.1, 0.15) is 69.4 Å². The SMILES string of the molecule is CCCCCc1ccc(-c2ncc(-c3ccc(C(CCCC)C(=O)O)cc3)cn2)cc1. The monoisotopic (exact) mass is 416 g/mol. The van der Waals surface area contributed by atoms with Crippen LogP contribution in [0, 0.1) is 0 Å². The van der Waals surface area contributed by atoms with E-state index in [-0.39, 0.29) is 0 Å². The summed E-state index contributed by atoms with van der Waals surface area (Å²) in [7, 11) is 0. The predicted molar refractivity (Wildman–Crippen MR) is 126 cm³/mol. The lowest BCUT2D eigenvalue weighted by molar-refractivity contribution is -0.139. The fourth-order valence-corrected chi connectivity index (χ4v) is 3.77. The average Bonchev–Trinajstić information content (AvgIpc) is 2.80. The van der Waals surface area contributed by atoms with E-state index in [1.54, 1.807) is 0 Å². The molecule has 4 nitrogen and oxygen atoms in total. The van der Waals surface area contributed by atoms with E-state index < -0.39 is 11.9 Å². The Morgan fingerprint density at radius 2 is 1.42 bits per heavy atom. The summed E-state index contributed by atoms with van der Waals surface area (Å²) in [5, 5.41) is 9.53. The fourth-order valence-electron chi connectivity index (χ4n) is 3.77. The molecule has 0 saturated heterocycles. The van der Waals surface area contributed by atoms with Crippen LogP contribution in [0.4, 0.5) is 0 Å². The summed E-state index contributed by atoms with van der Waals surface area (Å²) in [5.74, 6) is -0.492. The van der Waals surface area contributed by atoms with Gasteiger partial charge in [0.1, 0.15) is 0 Å². The van der Waals surface area contributed by atoms with Crippen molar-refractivity contribution in [2.24, 2.45) is 0 Å². The first-order valence-electron chi connectivity index (χ1n) is 11.4. The Balaban J connectivity index is 1.69. The van der Waals surface area contributed by atoms with Crippen molar-refractivity contribution in [1.29, 1.82) is 0 Å². The molecule has 0 aliphatic rings. The Hall–Kier alpha value is -3.01. The van der Waals surface area contributed by atoms with Crippen molar-refractivity contribution < 1.29 is 9.90 Å². The van der Waals surface area contributed by atoms with Gasteiger partial charge in [-0.3, -0.25) is 4.79 Å². The molecule has 0 fully saturated rings. The van der Waals surface area contributed by atoms with Crippen molar-refractivity contribution in [2.75, 3.05) is 0 Å². The third-order valence-corrected chi connectivity index (χ3v) is 5.72. The number of carboxylic acid groups (broad SMARTS) is 1. The number of aliphatic carboxylic acids is 1. The van der Waals surface area contributed by atoms with E-state index in [9.17, 15) is 9.90 Å². The molecule has 1 heterocycles. The second kappa shape index (κ2) is 11.4. The molecule has 1 atom stereocenters. The fraction of sp³-hybridized carbons (Fsp3) is 0.370. The van der Waals surface area contributed by atoms with Gasteiger partial charge in [-0.15, -0.1) is 0 Å². The molecule has 0 aliphatic carbocycles. The summed E-state index contributed by atoms with van der Waals surface area (Å²) in [6.45, 7) is 4.30. The number of rotatable bonds is 11. The minimum Gasteiger partial charge on any atom is -0.481 e. The number of carboxylic acids is 1. The third kappa shape index (κ3) is 6.24. The van der Waals surface area contributed by atoms with Crippen LogP contribution in [0.3, 0.4) is 0 Å². The first-order chi connectivity index (χ1) is 15.1. The minimum atomic E-state index is -0.759. The molecule has 0 amide bonds. The van der Waals surface area contributed by atoms with Gasteiger partial charge < -0.3 is 5.11 Å². The van der Waals surface area contributed by atoms with Gasteiger partial charge in [0.15, 0.2) is 5.82 Å². The second-order valence-corrected chi connectivity index (χ2v) is 8.10. The molecule has 2 aromatic carbocycles. The number of carbonyl (C=O) groups is 1.